The Balaban J connectivity index is 1.56. The number of para-hydroxylation sites is 2. The van der Waals surface area contributed by atoms with Gasteiger partial charge in [0, 0.05) is 18.9 Å². The molecule has 1 fully saturated rings. The molecule has 4 aromatic rings. The summed E-state index contributed by atoms with van der Waals surface area (Å²) in [5.74, 6) is 1.95. The maximum atomic E-state index is 4.78. The van der Waals surface area contributed by atoms with Gasteiger partial charge in [-0.05, 0) is 37.1 Å². The maximum absolute atomic E-state index is 4.78. The third kappa shape index (κ3) is 2.11. The minimum absolute atomic E-state index is 0.221. The van der Waals surface area contributed by atoms with Gasteiger partial charge in [-0.25, -0.2) is 15.0 Å². The molecule has 1 saturated heterocycles. The minimum atomic E-state index is 0.221. The number of hydrogen-bond acceptors (Lipinski definition) is 5. The summed E-state index contributed by atoms with van der Waals surface area (Å²) in [4.78, 5) is 23.9. The summed E-state index contributed by atoms with van der Waals surface area (Å²) in [5, 5.41) is 0. The Kier molecular flexibility index (Phi) is 2.94. The molecule has 1 atom stereocenters. The van der Waals surface area contributed by atoms with Gasteiger partial charge in [0.2, 0.25) is 0 Å². The highest BCUT2D eigenvalue weighted by Gasteiger charge is 2.29. The van der Waals surface area contributed by atoms with Crippen molar-refractivity contribution in [1.29, 1.82) is 0 Å². The van der Waals surface area contributed by atoms with Gasteiger partial charge in [-0.3, -0.25) is 4.98 Å². The molecule has 4 heterocycles. The standard InChI is InChI=1S/C18H16N6/c1-2-5-13-12(4-1)21-18(22-13)15-6-3-11-24(15)16-8-7-14-17(23-16)20-10-9-19-14/h1-2,4-5,7-10,15H,3,6,11H2,(H,21,22)/t15-/m0/s1. The number of benzene rings is 1. The lowest BCUT2D eigenvalue weighted by molar-refractivity contribution is 0.673. The number of nitrogens with zero attached hydrogens (tertiary/aromatic N) is 5. The molecule has 6 heteroatoms. The summed E-state index contributed by atoms with van der Waals surface area (Å²) in [6.07, 6.45) is 5.57. The first kappa shape index (κ1) is 13.4. The fourth-order valence-corrected chi connectivity index (χ4v) is 3.46. The summed E-state index contributed by atoms with van der Waals surface area (Å²) >= 11 is 0. The molecule has 1 aliphatic heterocycles. The predicted molar refractivity (Wildman–Crippen MR) is 92.7 cm³/mol. The van der Waals surface area contributed by atoms with Gasteiger partial charge in [0.05, 0.1) is 17.1 Å². The topological polar surface area (TPSA) is 70.6 Å². The highest BCUT2D eigenvalue weighted by atomic mass is 15.3. The molecule has 5 rings (SSSR count). The molecule has 3 aromatic heterocycles. The van der Waals surface area contributed by atoms with Crippen molar-refractivity contribution in [1.82, 2.24) is 24.9 Å². The van der Waals surface area contributed by atoms with Crippen molar-refractivity contribution in [2.75, 3.05) is 11.4 Å². The molecule has 0 amide bonds. The van der Waals surface area contributed by atoms with Crippen LogP contribution in [-0.2, 0) is 0 Å². The maximum Gasteiger partial charge on any atom is 0.180 e. The second-order valence-corrected chi connectivity index (χ2v) is 6.06. The lowest BCUT2D eigenvalue weighted by atomic mass is 10.2. The Hall–Kier alpha value is -3.02. The summed E-state index contributed by atoms with van der Waals surface area (Å²) in [7, 11) is 0. The number of nitrogens with one attached hydrogen (secondary N) is 1. The van der Waals surface area contributed by atoms with Crippen molar-refractivity contribution in [3.8, 4) is 0 Å². The van der Waals surface area contributed by atoms with Gasteiger partial charge < -0.3 is 9.88 Å². The van der Waals surface area contributed by atoms with Crippen LogP contribution in [-0.4, -0.2) is 31.5 Å². The average Bonchev–Trinajstić information content (AvgIpc) is 3.27. The van der Waals surface area contributed by atoms with Crippen molar-refractivity contribution in [2.45, 2.75) is 18.9 Å². The second kappa shape index (κ2) is 5.26. The molecule has 0 radical (unpaired) electrons. The highest BCUT2D eigenvalue weighted by Crippen LogP contribution is 2.35. The van der Waals surface area contributed by atoms with Crippen LogP contribution in [0, 0.1) is 0 Å². The number of aromatic nitrogens is 5. The van der Waals surface area contributed by atoms with Gasteiger partial charge in [0.25, 0.3) is 0 Å². The molecular formula is C18H16N6. The number of pyridine rings is 1. The second-order valence-electron chi connectivity index (χ2n) is 6.06. The number of fused-ring (bicyclic) bond motifs is 2. The van der Waals surface area contributed by atoms with Crippen LogP contribution in [0.25, 0.3) is 22.2 Å². The van der Waals surface area contributed by atoms with E-state index in [-0.39, 0.29) is 6.04 Å². The number of H-pyrrole nitrogens is 1. The van der Waals surface area contributed by atoms with E-state index >= 15 is 0 Å². The van der Waals surface area contributed by atoms with Crippen LogP contribution in [0.4, 0.5) is 5.82 Å². The summed E-state index contributed by atoms with van der Waals surface area (Å²) in [6.45, 7) is 0.973. The number of hydrogen-bond donors (Lipinski definition) is 1. The van der Waals surface area contributed by atoms with Crippen molar-refractivity contribution in [3.63, 3.8) is 0 Å². The zero-order valence-corrected chi connectivity index (χ0v) is 13.1. The molecule has 0 spiro atoms. The summed E-state index contributed by atoms with van der Waals surface area (Å²) in [5.41, 5.74) is 3.60. The number of anilines is 1. The van der Waals surface area contributed by atoms with Gasteiger partial charge >= 0.3 is 0 Å². The van der Waals surface area contributed by atoms with Crippen LogP contribution in [0.1, 0.15) is 24.7 Å². The lowest BCUT2D eigenvalue weighted by Gasteiger charge is -2.24. The fourth-order valence-electron chi connectivity index (χ4n) is 3.46. The molecule has 24 heavy (non-hydrogen) atoms. The largest absolute Gasteiger partial charge is 0.346 e. The van der Waals surface area contributed by atoms with E-state index in [1.165, 1.54) is 0 Å². The number of aromatic amines is 1. The van der Waals surface area contributed by atoms with Crippen LogP contribution in [0.3, 0.4) is 0 Å². The molecule has 6 nitrogen and oxygen atoms in total. The predicted octanol–water partition coefficient (Wildman–Crippen LogP) is 3.24. The first-order valence-electron chi connectivity index (χ1n) is 8.17. The van der Waals surface area contributed by atoms with E-state index in [9.17, 15) is 0 Å². The van der Waals surface area contributed by atoms with Crippen molar-refractivity contribution >= 4 is 28.0 Å². The number of rotatable bonds is 2. The van der Waals surface area contributed by atoms with E-state index < -0.39 is 0 Å². The smallest absolute Gasteiger partial charge is 0.180 e. The van der Waals surface area contributed by atoms with E-state index in [2.05, 4.69) is 25.9 Å². The Morgan fingerprint density at radius 2 is 1.88 bits per heavy atom. The van der Waals surface area contributed by atoms with Crippen molar-refractivity contribution in [2.24, 2.45) is 0 Å². The third-order valence-electron chi connectivity index (χ3n) is 4.59. The van der Waals surface area contributed by atoms with Crippen LogP contribution in [0.15, 0.2) is 48.8 Å². The van der Waals surface area contributed by atoms with E-state index in [1.807, 2.05) is 30.3 Å². The molecule has 0 aliphatic carbocycles. The van der Waals surface area contributed by atoms with Gasteiger partial charge in [-0.15, -0.1) is 0 Å². The molecular weight excluding hydrogens is 300 g/mol. The minimum Gasteiger partial charge on any atom is -0.346 e. The summed E-state index contributed by atoms with van der Waals surface area (Å²) < 4.78 is 0. The SMILES string of the molecule is c1ccc2[nH]c([C@@H]3CCCN3c3ccc4nccnc4n3)nc2c1. The first-order valence-corrected chi connectivity index (χ1v) is 8.17. The molecule has 118 valence electrons. The zero-order valence-electron chi connectivity index (χ0n) is 13.1. The molecule has 0 saturated carbocycles. The van der Waals surface area contributed by atoms with E-state index in [4.69, 9.17) is 9.97 Å². The van der Waals surface area contributed by atoms with E-state index in [1.54, 1.807) is 12.4 Å². The molecule has 1 N–H and O–H groups in total. The summed E-state index contributed by atoms with van der Waals surface area (Å²) in [6, 6.07) is 12.4. The fraction of sp³-hybridized carbons (Fsp3) is 0.222. The van der Waals surface area contributed by atoms with Crippen LogP contribution in [0.2, 0.25) is 0 Å². The molecule has 0 bridgehead atoms. The van der Waals surface area contributed by atoms with Gasteiger partial charge in [-0.2, -0.15) is 0 Å². The number of imidazole rings is 1. The van der Waals surface area contributed by atoms with Crippen LogP contribution >= 0.6 is 0 Å². The zero-order chi connectivity index (χ0) is 15.9. The molecule has 1 aliphatic rings. The van der Waals surface area contributed by atoms with Gasteiger partial charge in [-0.1, -0.05) is 12.1 Å². The van der Waals surface area contributed by atoms with E-state index in [0.29, 0.717) is 5.65 Å². The Morgan fingerprint density at radius 1 is 0.958 bits per heavy atom. The van der Waals surface area contributed by atoms with E-state index in [0.717, 1.165) is 47.6 Å². The Morgan fingerprint density at radius 3 is 2.83 bits per heavy atom. The molecule has 1 aromatic carbocycles. The van der Waals surface area contributed by atoms with Crippen LogP contribution in [0.5, 0.6) is 0 Å². The monoisotopic (exact) mass is 316 g/mol. The lowest BCUT2D eigenvalue weighted by Crippen LogP contribution is -2.24. The van der Waals surface area contributed by atoms with Crippen LogP contribution < -0.4 is 4.90 Å². The molecule has 0 unspecified atom stereocenters. The normalized spacial score (nSPS) is 17.8. The quantitative estimate of drug-likeness (QED) is 0.615. The average molecular weight is 316 g/mol. The van der Waals surface area contributed by atoms with Gasteiger partial charge in [0.1, 0.15) is 17.2 Å². The van der Waals surface area contributed by atoms with Crippen molar-refractivity contribution < 1.29 is 0 Å². The Labute approximate surface area is 138 Å². The van der Waals surface area contributed by atoms with Gasteiger partial charge in [0.15, 0.2) is 5.65 Å². The third-order valence-corrected chi connectivity index (χ3v) is 4.59. The highest BCUT2D eigenvalue weighted by molar-refractivity contribution is 5.75. The Bertz CT molecular complexity index is 991. The van der Waals surface area contributed by atoms with Crippen molar-refractivity contribution in [3.05, 3.63) is 54.6 Å². The first-order chi connectivity index (χ1) is 11.9.